The molecule has 3 N–H and O–H groups in total. The van der Waals surface area contributed by atoms with Crippen molar-refractivity contribution in [1.82, 2.24) is 9.97 Å². The van der Waals surface area contributed by atoms with Crippen LogP contribution in [-0.4, -0.2) is 37.8 Å². The summed E-state index contributed by atoms with van der Waals surface area (Å²) in [5, 5.41) is 38.1. The Bertz CT molecular complexity index is 1290. The van der Waals surface area contributed by atoms with Gasteiger partial charge in [0, 0.05) is 29.0 Å². The minimum absolute atomic E-state index is 0.0585. The molecule has 9 heteroatoms. The summed E-state index contributed by atoms with van der Waals surface area (Å²) in [4.78, 5) is 20.9. The lowest BCUT2D eigenvalue weighted by Crippen LogP contribution is -2.31. The fourth-order valence-electron chi connectivity index (χ4n) is 3.84. The Morgan fingerprint density at radius 3 is 2.48 bits per heavy atom. The van der Waals surface area contributed by atoms with Gasteiger partial charge in [-0.3, -0.25) is 10.1 Å². The van der Waals surface area contributed by atoms with Crippen LogP contribution in [0.4, 0.5) is 11.5 Å². The van der Waals surface area contributed by atoms with Gasteiger partial charge >= 0.3 is 0 Å². The zero-order chi connectivity index (χ0) is 22.9. The van der Waals surface area contributed by atoms with E-state index in [0.717, 1.165) is 40.0 Å². The first kappa shape index (κ1) is 21.4. The summed E-state index contributed by atoms with van der Waals surface area (Å²) >= 11 is 1.55. The number of thiophene rings is 1. The highest BCUT2D eigenvalue weighted by atomic mass is 32.1. The molecule has 2 heterocycles. The van der Waals surface area contributed by atoms with E-state index in [-0.39, 0.29) is 12.3 Å². The van der Waals surface area contributed by atoms with Crippen LogP contribution in [0.2, 0.25) is 0 Å². The number of fused-ring (bicyclic) bond motifs is 1. The molecule has 1 fully saturated rings. The first-order chi connectivity index (χ1) is 16.0. The molecule has 0 radical (unpaired) electrons. The van der Waals surface area contributed by atoms with E-state index in [2.05, 4.69) is 10.7 Å². The Morgan fingerprint density at radius 2 is 1.85 bits per heavy atom. The van der Waals surface area contributed by atoms with Gasteiger partial charge in [-0.15, -0.1) is 11.3 Å². The van der Waals surface area contributed by atoms with Crippen molar-refractivity contribution in [2.24, 2.45) is 0 Å². The Labute approximate surface area is 193 Å². The molecule has 0 aliphatic heterocycles. The molecule has 1 aliphatic carbocycles. The third-order valence-corrected chi connectivity index (χ3v) is 6.70. The number of benzene rings is 2. The maximum Gasteiger partial charge on any atom is 0.269 e. The van der Waals surface area contributed by atoms with Crippen molar-refractivity contribution >= 4 is 33.1 Å². The molecule has 0 bridgehead atoms. The van der Waals surface area contributed by atoms with E-state index in [1.807, 2.05) is 30.3 Å². The molecule has 168 valence electrons. The number of nitro benzene ring substituents is 1. The molecule has 0 unspecified atom stereocenters. The number of aromatic nitrogens is 2. The van der Waals surface area contributed by atoms with Crippen LogP contribution in [0, 0.1) is 10.1 Å². The summed E-state index contributed by atoms with van der Waals surface area (Å²) in [6.07, 6.45) is 1.01. The molecule has 1 saturated carbocycles. The molecule has 2 atom stereocenters. The van der Waals surface area contributed by atoms with Crippen LogP contribution in [0.3, 0.4) is 0 Å². The largest absolute Gasteiger partial charge is 0.394 e. The van der Waals surface area contributed by atoms with Crippen LogP contribution >= 0.6 is 11.3 Å². The molecule has 0 spiro atoms. The fraction of sp³-hybridized carbons (Fsp3) is 0.250. The first-order valence-electron chi connectivity index (χ1n) is 10.7. The molecule has 5 rings (SSSR count). The Balaban J connectivity index is 1.53. The van der Waals surface area contributed by atoms with E-state index in [0.29, 0.717) is 17.3 Å². The van der Waals surface area contributed by atoms with Crippen molar-refractivity contribution in [1.29, 1.82) is 0 Å². The summed E-state index contributed by atoms with van der Waals surface area (Å²) in [7, 11) is 0. The third kappa shape index (κ3) is 4.30. The standard InChI is InChI=1S/C24H22N4O4S/c29-12-19(21(30)15-8-10-17(11-9-15)28(31)32)25-23-20-18(14-4-2-1-3-5-14)13-33-24(20)27-22(26-23)16-6-7-16/h1-5,8-11,13,16,19,21,29-30H,6-7,12H2,(H,25,26,27)/t19-,21-/m1/s1. The maximum atomic E-state index is 10.9. The predicted octanol–water partition coefficient (Wildman–Crippen LogP) is 4.65. The minimum Gasteiger partial charge on any atom is -0.394 e. The summed E-state index contributed by atoms with van der Waals surface area (Å²) in [6.45, 7) is -0.354. The zero-order valence-corrected chi connectivity index (χ0v) is 18.4. The van der Waals surface area contributed by atoms with Crippen LogP contribution in [0.15, 0.2) is 60.0 Å². The number of anilines is 1. The van der Waals surface area contributed by atoms with Crippen LogP contribution in [0.1, 0.15) is 36.3 Å². The lowest BCUT2D eigenvalue weighted by atomic mass is 10.0. The van der Waals surface area contributed by atoms with Crippen LogP contribution in [0.5, 0.6) is 0 Å². The molecule has 2 aromatic carbocycles. The number of rotatable bonds is 8. The first-order valence-corrected chi connectivity index (χ1v) is 11.6. The van der Waals surface area contributed by atoms with E-state index in [1.54, 1.807) is 11.3 Å². The number of hydrogen-bond donors (Lipinski definition) is 3. The lowest BCUT2D eigenvalue weighted by Gasteiger charge is -2.24. The number of nitrogens with zero attached hydrogens (tertiary/aromatic N) is 3. The van der Waals surface area contributed by atoms with Gasteiger partial charge in [-0.05, 0) is 36.1 Å². The smallest absolute Gasteiger partial charge is 0.269 e. The third-order valence-electron chi connectivity index (χ3n) is 5.82. The van der Waals surface area contributed by atoms with Crippen molar-refractivity contribution in [3.63, 3.8) is 0 Å². The zero-order valence-electron chi connectivity index (χ0n) is 17.6. The average Bonchev–Trinajstić information content (AvgIpc) is 3.61. The number of aliphatic hydroxyl groups excluding tert-OH is 2. The number of hydrogen-bond acceptors (Lipinski definition) is 8. The van der Waals surface area contributed by atoms with Crippen molar-refractivity contribution in [3.8, 4) is 11.1 Å². The molecule has 1 aliphatic rings. The van der Waals surface area contributed by atoms with Gasteiger partial charge in [0.2, 0.25) is 0 Å². The van der Waals surface area contributed by atoms with E-state index in [1.165, 1.54) is 24.3 Å². The van der Waals surface area contributed by atoms with Gasteiger partial charge in [-0.2, -0.15) is 0 Å². The van der Waals surface area contributed by atoms with Gasteiger partial charge < -0.3 is 15.5 Å². The van der Waals surface area contributed by atoms with Crippen LogP contribution in [-0.2, 0) is 0 Å². The highest BCUT2D eigenvalue weighted by Gasteiger charge is 2.30. The van der Waals surface area contributed by atoms with E-state index in [4.69, 9.17) is 9.97 Å². The number of nitro groups is 1. The summed E-state index contributed by atoms with van der Waals surface area (Å²) < 4.78 is 0. The Hall–Kier alpha value is -3.40. The normalized spacial score (nSPS) is 15.3. The van der Waals surface area contributed by atoms with Crippen LogP contribution in [0.25, 0.3) is 21.3 Å². The number of non-ortho nitro benzene ring substituents is 1. The van der Waals surface area contributed by atoms with E-state index < -0.39 is 17.1 Å². The average molecular weight is 463 g/mol. The minimum atomic E-state index is -1.09. The van der Waals surface area contributed by atoms with E-state index >= 15 is 0 Å². The molecule has 4 aromatic rings. The predicted molar refractivity (Wildman–Crippen MR) is 127 cm³/mol. The SMILES string of the molecule is O=[N+]([O-])c1ccc([C@@H](O)[C@@H](CO)Nc2nc(C3CC3)nc3scc(-c4ccccc4)c23)cc1. The molecule has 0 amide bonds. The van der Waals surface area contributed by atoms with Crippen molar-refractivity contribution in [2.45, 2.75) is 30.9 Å². The van der Waals surface area contributed by atoms with Crippen molar-refractivity contribution < 1.29 is 15.1 Å². The van der Waals surface area contributed by atoms with E-state index in [9.17, 15) is 20.3 Å². The topological polar surface area (TPSA) is 121 Å². The molecule has 2 aromatic heterocycles. The van der Waals surface area contributed by atoms with Gasteiger partial charge in [0.15, 0.2) is 0 Å². The summed E-state index contributed by atoms with van der Waals surface area (Å²) in [5.41, 5.74) is 2.43. The number of aliphatic hydroxyl groups is 2. The molecule has 33 heavy (non-hydrogen) atoms. The highest BCUT2D eigenvalue weighted by molar-refractivity contribution is 7.17. The Morgan fingerprint density at radius 1 is 1.12 bits per heavy atom. The Kier molecular flexibility index (Phi) is 5.76. The second-order valence-corrected chi connectivity index (χ2v) is 8.99. The van der Waals surface area contributed by atoms with Gasteiger partial charge in [-0.25, -0.2) is 9.97 Å². The van der Waals surface area contributed by atoms with Gasteiger partial charge in [0.1, 0.15) is 22.6 Å². The second kappa shape index (κ2) is 8.86. The van der Waals surface area contributed by atoms with Crippen LogP contribution < -0.4 is 5.32 Å². The molecule has 8 nitrogen and oxygen atoms in total. The maximum absolute atomic E-state index is 10.9. The van der Waals surface area contributed by atoms with Gasteiger partial charge in [0.25, 0.3) is 5.69 Å². The molecular weight excluding hydrogens is 440 g/mol. The van der Waals surface area contributed by atoms with Gasteiger partial charge in [-0.1, -0.05) is 30.3 Å². The van der Waals surface area contributed by atoms with Crippen molar-refractivity contribution in [2.75, 3.05) is 11.9 Å². The molecular formula is C24H22N4O4S. The summed E-state index contributed by atoms with van der Waals surface area (Å²) in [5.74, 6) is 1.68. The second-order valence-electron chi connectivity index (χ2n) is 8.13. The lowest BCUT2D eigenvalue weighted by molar-refractivity contribution is -0.384. The quantitative estimate of drug-likeness (QED) is 0.257. The van der Waals surface area contributed by atoms with Gasteiger partial charge in [0.05, 0.1) is 23.0 Å². The molecule has 0 saturated heterocycles. The van der Waals surface area contributed by atoms with Crippen molar-refractivity contribution in [3.05, 3.63) is 81.5 Å². The fourth-order valence-corrected chi connectivity index (χ4v) is 4.80. The monoisotopic (exact) mass is 462 g/mol. The highest BCUT2D eigenvalue weighted by Crippen LogP contribution is 2.43. The number of nitrogens with one attached hydrogen (secondary N) is 1. The summed E-state index contributed by atoms with van der Waals surface area (Å²) in [6, 6.07) is 14.9.